The van der Waals surface area contributed by atoms with Crippen LogP contribution in [0.2, 0.25) is 0 Å². The van der Waals surface area contributed by atoms with Gasteiger partial charge in [0.1, 0.15) is 0 Å². The van der Waals surface area contributed by atoms with Crippen molar-refractivity contribution < 1.29 is 9.59 Å². The van der Waals surface area contributed by atoms with Crippen molar-refractivity contribution >= 4 is 17.5 Å². The Hall–Kier alpha value is -2.43. The predicted molar refractivity (Wildman–Crippen MR) is 65.3 cm³/mol. The smallest absolute Gasteiger partial charge is 0.234 e. The molecule has 0 saturated carbocycles. The number of rotatable bonds is 2. The van der Waals surface area contributed by atoms with Gasteiger partial charge in [0.15, 0.2) is 0 Å². The van der Waals surface area contributed by atoms with Crippen LogP contribution >= 0.6 is 0 Å². The Kier molecular flexibility index (Phi) is 2.44. The van der Waals surface area contributed by atoms with Crippen LogP contribution in [0.25, 0.3) is 5.69 Å². The molecule has 1 aromatic heterocycles. The molecule has 0 N–H and O–H groups in total. The van der Waals surface area contributed by atoms with Crippen LogP contribution in [0.4, 0.5) is 5.69 Å². The van der Waals surface area contributed by atoms with Crippen molar-refractivity contribution in [2.45, 2.75) is 12.8 Å². The molecule has 18 heavy (non-hydrogen) atoms. The van der Waals surface area contributed by atoms with Crippen LogP contribution < -0.4 is 4.90 Å². The van der Waals surface area contributed by atoms with Gasteiger partial charge in [-0.1, -0.05) is 0 Å². The molecule has 0 radical (unpaired) electrons. The lowest BCUT2D eigenvalue weighted by atomic mass is 10.2. The molecule has 5 heteroatoms. The summed E-state index contributed by atoms with van der Waals surface area (Å²) in [6.45, 7) is 0. The van der Waals surface area contributed by atoms with Crippen molar-refractivity contribution in [3.05, 3.63) is 43.0 Å². The number of imidazole rings is 1. The van der Waals surface area contributed by atoms with E-state index in [4.69, 9.17) is 0 Å². The van der Waals surface area contributed by atoms with Crippen molar-refractivity contribution in [1.82, 2.24) is 9.55 Å². The zero-order chi connectivity index (χ0) is 12.5. The molecule has 5 nitrogen and oxygen atoms in total. The highest BCUT2D eigenvalue weighted by atomic mass is 16.2. The van der Waals surface area contributed by atoms with Gasteiger partial charge in [-0.05, 0) is 24.3 Å². The summed E-state index contributed by atoms with van der Waals surface area (Å²) in [6, 6.07) is 7.26. The summed E-state index contributed by atoms with van der Waals surface area (Å²) >= 11 is 0. The summed E-state index contributed by atoms with van der Waals surface area (Å²) in [6.07, 6.45) is 5.84. The number of aromatic nitrogens is 2. The van der Waals surface area contributed by atoms with E-state index in [1.165, 1.54) is 4.90 Å². The molecule has 1 aliphatic heterocycles. The normalized spacial score (nSPS) is 15.4. The maximum Gasteiger partial charge on any atom is 0.234 e. The highest BCUT2D eigenvalue weighted by molar-refractivity contribution is 6.19. The van der Waals surface area contributed by atoms with E-state index in [-0.39, 0.29) is 11.8 Å². The molecule has 1 aliphatic rings. The van der Waals surface area contributed by atoms with Gasteiger partial charge in [-0.15, -0.1) is 0 Å². The molecule has 0 atom stereocenters. The highest BCUT2D eigenvalue weighted by Gasteiger charge is 2.29. The third-order valence-corrected chi connectivity index (χ3v) is 2.96. The first-order valence-electron chi connectivity index (χ1n) is 5.70. The maximum absolute atomic E-state index is 11.6. The Morgan fingerprint density at radius 2 is 1.56 bits per heavy atom. The number of hydrogen-bond donors (Lipinski definition) is 0. The summed E-state index contributed by atoms with van der Waals surface area (Å²) in [4.78, 5) is 28.4. The zero-order valence-electron chi connectivity index (χ0n) is 9.61. The van der Waals surface area contributed by atoms with E-state index in [2.05, 4.69) is 4.98 Å². The molecule has 0 unspecified atom stereocenters. The number of carbonyl (C=O) groups excluding carboxylic acids is 2. The van der Waals surface area contributed by atoms with Crippen molar-refractivity contribution in [3.8, 4) is 5.69 Å². The largest absolute Gasteiger partial charge is 0.306 e. The fraction of sp³-hybridized carbons (Fsp3) is 0.154. The lowest BCUT2D eigenvalue weighted by molar-refractivity contribution is -0.121. The number of carbonyl (C=O) groups is 2. The Bertz CT molecular complexity index is 571. The standard InChI is InChI=1S/C13H11N3O2/c17-12-5-6-13(18)16(12)11-3-1-10(2-4-11)15-8-7-14-9-15/h1-4,7-9H,5-6H2. The van der Waals surface area contributed by atoms with Crippen LogP contribution in [0.15, 0.2) is 43.0 Å². The average molecular weight is 241 g/mol. The lowest BCUT2D eigenvalue weighted by Crippen LogP contribution is -2.28. The van der Waals surface area contributed by atoms with Crippen molar-refractivity contribution in [2.24, 2.45) is 0 Å². The number of anilines is 1. The molecular weight excluding hydrogens is 230 g/mol. The van der Waals surface area contributed by atoms with Gasteiger partial charge in [0.2, 0.25) is 11.8 Å². The molecule has 0 aliphatic carbocycles. The predicted octanol–water partition coefficient (Wildman–Crippen LogP) is 1.53. The van der Waals surface area contributed by atoms with Gasteiger partial charge in [0.25, 0.3) is 0 Å². The van der Waals surface area contributed by atoms with Crippen LogP contribution in [0.1, 0.15) is 12.8 Å². The van der Waals surface area contributed by atoms with Crippen LogP contribution in [-0.2, 0) is 9.59 Å². The van der Waals surface area contributed by atoms with E-state index in [1.54, 1.807) is 24.7 Å². The second-order valence-corrected chi connectivity index (χ2v) is 4.11. The minimum atomic E-state index is -0.129. The summed E-state index contributed by atoms with van der Waals surface area (Å²) in [5.41, 5.74) is 1.57. The Morgan fingerprint density at radius 1 is 0.944 bits per heavy atom. The minimum Gasteiger partial charge on any atom is -0.306 e. The number of hydrogen-bond acceptors (Lipinski definition) is 3. The topological polar surface area (TPSA) is 55.2 Å². The molecule has 2 aromatic rings. The van der Waals surface area contributed by atoms with E-state index < -0.39 is 0 Å². The summed E-state index contributed by atoms with van der Waals surface area (Å²) in [5.74, 6) is -0.259. The second kappa shape index (κ2) is 4.10. The molecule has 2 amide bonds. The van der Waals surface area contributed by atoms with Gasteiger partial charge in [0.05, 0.1) is 12.0 Å². The molecule has 0 spiro atoms. The van der Waals surface area contributed by atoms with Crippen LogP contribution in [0.3, 0.4) is 0 Å². The van der Waals surface area contributed by atoms with Crippen molar-refractivity contribution in [3.63, 3.8) is 0 Å². The third-order valence-electron chi connectivity index (χ3n) is 2.96. The molecule has 2 heterocycles. The Balaban J connectivity index is 1.92. The first-order chi connectivity index (χ1) is 8.75. The SMILES string of the molecule is O=C1CCC(=O)N1c1ccc(-n2ccnc2)cc1. The molecule has 1 fully saturated rings. The lowest BCUT2D eigenvalue weighted by Gasteiger charge is -2.14. The zero-order valence-corrected chi connectivity index (χ0v) is 9.61. The first-order valence-corrected chi connectivity index (χ1v) is 5.70. The van der Waals surface area contributed by atoms with E-state index >= 15 is 0 Å². The quantitative estimate of drug-likeness (QED) is 0.749. The fourth-order valence-corrected chi connectivity index (χ4v) is 2.05. The number of nitrogens with zero attached hydrogens (tertiary/aromatic N) is 3. The number of amides is 2. The van der Waals surface area contributed by atoms with Gasteiger partial charge in [0, 0.05) is 30.9 Å². The fourth-order valence-electron chi connectivity index (χ4n) is 2.05. The van der Waals surface area contributed by atoms with Gasteiger partial charge < -0.3 is 4.57 Å². The van der Waals surface area contributed by atoms with Gasteiger partial charge >= 0.3 is 0 Å². The van der Waals surface area contributed by atoms with Crippen molar-refractivity contribution in [2.75, 3.05) is 4.90 Å². The van der Waals surface area contributed by atoms with E-state index in [0.717, 1.165) is 5.69 Å². The Morgan fingerprint density at radius 3 is 2.11 bits per heavy atom. The van der Waals surface area contributed by atoms with Crippen LogP contribution in [0, 0.1) is 0 Å². The molecule has 90 valence electrons. The van der Waals surface area contributed by atoms with Crippen molar-refractivity contribution in [1.29, 1.82) is 0 Å². The molecule has 1 saturated heterocycles. The third kappa shape index (κ3) is 1.69. The molecule has 0 bridgehead atoms. The molecule has 3 rings (SSSR count). The highest BCUT2D eigenvalue weighted by Crippen LogP contribution is 2.23. The summed E-state index contributed by atoms with van der Waals surface area (Å²) in [5, 5.41) is 0. The average Bonchev–Trinajstić information content (AvgIpc) is 3.01. The molecule has 1 aromatic carbocycles. The van der Waals surface area contributed by atoms with E-state index in [0.29, 0.717) is 18.5 Å². The van der Waals surface area contributed by atoms with Gasteiger partial charge in [-0.2, -0.15) is 0 Å². The first kappa shape index (κ1) is 10.7. The van der Waals surface area contributed by atoms with Gasteiger partial charge in [-0.3, -0.25) is 14.5 Å². The Labute approximate surface area is 104 Å². The van der Waals surface area contributed by atoms with E-state index in [9.17, 15) is 9.59 Å². The van der Waals surface area contributed by atoms with Crippen LogP contribution in [-0.4, -0.2) is 21.4 Å². The number of imide groups is 1. The van der Waals surface area contributed by atoms with E-state index in [1.807, 2.05) is 22.9 Å². The second-order valence-electron chi connectivity index (χ2n) is 4.11. The summed E-state index contributed by atoms with van der Waals surface area (Å²) < 4.78 is 1.86. The monoisotopic (exact) mass is 241 g/mol. The maximum atomic E-state index is 11.6. The summed E-state index contributed by atoms with van der Waals surface area (Å²) in [7, 11) is 0. The molecular formula is C13H11N3O2. The van der Waals surface area contributed by atoms with Crippen LogP contribution in [0.5, 0.6) is 0 Å². The van der Waals surface area contributed by atoms with Gasteiger partial charge in [-0.25, -0.2) is 4.98 Å². The number of benzene rings is 1. The minimum absolute atomic E-state index is 0.129.